The van der Waals surface area contributed by atoms with Crippen molar-refractivity contribution in [2.45, 2.75) is 6.92 Å². The molecule has 0 bridgehead atoms. The zero-order valence-electron chi connectivity index (χ0n) is 12.1. The standard InChI is InChI=1S/C18H19NO/c1-14-4-9-16(10-5-14)18(20)13-8-15-6-11-17(12-7-15)19(2)3/h4-13H,1-3H3. The molecule has 0 saturated carbocycles. The van der Waals surface area contributed by atoms with Crippen LogP contribution in [0.15, 0.2) is 54.6 Å². The molecule has 2 nitrogen and oxygen atoms in total. The van der Waals surface area contributed by atoms with Crippen LogP contribution in [-0.2, 0) is 0 Å². The zero-order valence-corrected chi connectivity index (χ0v) is 12.1. The number of benzene rings is 2. The molecule has 2 aromatic rings. The Labute approximate surface area is 120 Å². The van der Waals surface area contributed by atoms with Crippen molar-refractivity contribution >= 4 is 17.5 Å². The molecule has 0 fully saturated rings. The number of nitrogens with zero attached hydrogens (tertiary/aromatic N) is 1. The normalized spacial score (nSPS) is 10.8. The van der Waals surface area contributed by atoms with E-state index in [9.17, 15) is 4.79 Å². The SMILES string of the molecule is Cc1ccc(C(=O)C=Cc2ccc(N(C)C)cc2)cc1. The number of ketones is 1. The number of aryl methyl sites for hydroxylation is 1. The van der Waals surface area contributed by atoms with Crippen LogP contribution in [0.25, 0.3) is 6.08 Å². The summed E-state index contributed by atoms with van der Waals surface area (Å²) in [5.41, 5.74) is 4.05. The van der Waals surface area contributed by atoms with E-state index >= 15 is 0 Å². The monoisotopic (exact) mass is 265 g/mol. The van der Waals surface area contributed by atoms with Crippen molar-refractivity contribution in [3.05, 3.63) is 71.3 Å². The fourth-order valence-corrected chi connectivity index (χ4v) is 1.87. The lowest BCUT2D eigenvalue weighted by molar-refractivity contribution is 0.104. The molecule has 0 saturated heterocycles. The van der Waals surface area contributed by atoms with E-state index in [1.165, 1.54) is 0 Å². The molecule has 2 rings (SSSR count). The fraction of sp³-hybridized carbons (Fsp3) is 0.167. The van der Waals surface area contributed by atoms with Gasteiger partial charge < -0.3 is 4.90 Å². The van der Waals surface area contributed by atoms with E-state index in [0.29, 0.717) is 0 Å². The summed E-state index contributed by atoms with van der Waals surface area (Å²) in [5.74, 6) is 0.0293. The number of hydrogen-bond acceptors (Lipinski definition) is 2. The Morgan fingerprint density at radius 2 is 1.55 bits per heavy atom. The second-order valence-electron chi connectivity index (χ2n) is 5.05. The molecule has 0 heterocycles. The van der Waals surface area contributed by atoms with Crippen LogP contribution in [0.1, 0.15) is 21.5 Å². The molecule has 20 heavy (non-hydrogen) atoms. The van der Waals surface area contributed by atoms with Crippen molar-refractivity contribution < 1.29 is 4.79 Å². The van der Waals surface area contributed by atoms with Crippen LogP contribution < -0.4 is 4.90 Å². The van der Waals surface area contributed by atoms with Crippen LogP contribution in [0, 0.1) is 6.92 Å². The lowest BCUT2D eigenvalue weighted by atomic mass is 10.1. The van der Waals surface area contributed by atoms with Gasteiger partial charge in [0.15, 0.2) is 5.78 Å². The van der Waals surface area contributed by atoms with Gasteiger partial charge in [0.05, 0.1) is 0 Å². The van der Waals surface area contributed by atoms with E-state index in [2.05, 4.69) is 0 Å². The molecule has 0 aromatic heterocycles. The van der Waals surface area contributed by atoms with Gasteiger partial charge in [-0.1, -0.05) is 48.0 Å². The smallest absolute Gasteiger partial charge is 0.185 e. The Morgan fingerprint density at radius 3 is 2.10 bits per heavy atom. The Kier molecular flexibility index (Phi) is 4.36. The molecular weight excluding hydrogens is 246 g/mol. The molecule has 102 valence electrons. The predicted molar refractivity (Wildman–Crippen MR) is 85.3 cm³/mol. The summed E-state index contributed by atoms with van der Waals surface area (Å²) in [4.78, 5) is 14.1. The fourth-order valence-electron chi connectivity index (χ4n) is 1.87. The highest BCUT2D eigenvalue weighted by Gasteiger charge is 2.00. The van der Waals surface area contributed by atoms with Gasteiger partial charge >= 0.3 is 0 Å². The molecule has 0 N–H and O–H groups in total. The molecule has 2 heteroatoms. The van der Waals surface area contributed by atoms with Gasteiger partial charge in [0, 0.05) is 25.3 Å². The van der Waals surface area contributed by atoms with Gasteiger partial charge in [0.2, 0.25) is 0 Å². The van der Waals surface area contributed by atoms with Gasteiger partial charge in [0.25, 0.3) is 0 Å². The Balaban J connectivity index is 2.08. The van der Waals surface area contributed by atoms with E-state index < -0.39 is 0 Å². The summed E-state index contributed by atoms with van der Waals surface area (Å²) in [6.07, 6.45) is 3.47. The molecule has 0 unspecified atom stereocenters. The van der Waals surface area contributed by atoms with E-state index in [-0.39, 0.29) is 5.78 Å². The summed E-state index contributed by atoms with van der Waals surface area (Å²) >= 11 is 0. The quantitative estimate of drug-likeness (QED) is 0.616. The van der Waals surface area contributed by atoms with Gasteiger partial charge in [-0.15, -0.1) is 0 Å². The number of allylic oxidation sites excluding steroid dienone is 1. The van der Waals surface area contributed by atoms with Gasteiger partial charge in [0.1, 0.15) is 0 Å². The van der Waals surface area contributed by atoms with Crippen LogP contribution in [0.4, 0.5) is 5.69 Å². The first-order valence-electron chi connectivity index (χ1n) is 6.63. The third-order valence-corrected chi connectivity index (χ3v) is 3.17. The van der Waals surface area contributed by atoms with Crippen molar-refractivity contribution in [1.29, 1.82) is 0 Å². The Morgan fingerprint density at radius 1 is 0.950 bits per heavy atom. The average Bonchev–Trinajstić information content (AvgIpc) is 2.46. The number of anilines is 1. The largest absolute Gasteiger partial charge is 0.378 e. The molecule has 0 atom stereocenters. The lowest BCUT2D eigenvalue weighted by Crippen LogP contribution is -2.07. The van der Waals surface area contributed by atoms with Crippen molar-refractivity contribution in [2.24, 2.45) is 0 Å². The van der Waals surface area contributed by atoms with Crippen LogP contribution in [0.3, 0.4) is 0 Å². The summed E-state index contributed by atoms with van der Waals surface area (Å²) in [7, 11) is 4.01. The van der Waals surface area contributed by atoms with Gasteiger partial charge in [-0.25, -0.2) is 0 Å². The second kappa shape index (κ2) is 6.20. The summed E-state index contributed by atoms with van der Waals surface area (Å²) in [6, 6.07) is 15.7. The topological polar surface area (TPSA) is 20.3 Å². The molecular formula is C18H19NO. The maximum Gasteiger partial charge on any atom is 0.185 e. The van der Waals surface area contributed by atoms with E-state index in [4.69, 9.17) is 0 Å². The highest BCUT2D eigenvalue weighted by molar-refractivity contribution is 6.06. The Hall–Kier alpha value is -2.35. The van der Waals surface area contributed by atoms with E-state index in [0.717, 1.165) is 22.4 Å². The van der Waals surface area contributed by atoms with Crippen LogP contribution >= 0.6 is 0 Å². The second-order valence-corrected chi connectivity index (χ2v) is 5.05. The maximum atomic E-state index is 12.0. The third-order valence-electron chi connectivity index (χ3n) is 3.17. The van der Waals surface area contributed by atoms with Crippen LogP contribution in [0.5, 0.6) is 0 Å². The molecule has 0 radical (unpaired) electrons. The third kappa shape index (κ3) is 3.58. The number of hydrogen-bond donors (Lipinski definition) is 0. The average molecular weight is 265 g/mol. The van der Waals surface area contributed by atoms with Crippen molar-refractivity contribution in [1.82, 2.24) is 0 Å². The van der Waals surface area contributed by atoms with E-state index in [1.54, 1.807) is 6.08 Å². The van der Waals surface area contributed by atoms with Crippen LogP contribution in [0.2, 0.25) is 0 Å². The Bertz CT molecular complexity index is 607. The summed E-state index contributed by atoms with van der Waals surface area (Å²) < 4.78 is 0. The lowest BCUT2D eigenvalue weighted by Gasteiger charge is -2.11. The number of rotatable bonds is 4. The highest BCUT2D eigenvalue weighted by Crippen LogP contribution is 2.13. The van der Waals surface area contributed by atoms with Crippen molar-refractivity contribution in [2.75, 3.05) is 19.0 Å². The minimum atomic E-state index is 0.0293. The van der Waals surface area contributed by atoms with Crippen LogP contribution in [-0.4, -0.2) is 19.9 Å². The van der Waals surface area contributed by atoms with Crippen molar-refractivity contribution in [3.8, 4) is 0 Å². The van der Waals surface area contributed by atoms with Crippen molar-refractivity contribution in [3.63, 3.8) is 0 Å². The molecule has 0 spiro atoms. The van der Waals surface area contributed by atoms with Gasteiger partial charge in [-0.05, 0) is 30.7 Å². The minimum absolute atomic E-state index is 0.0293. The summed E-state index contributed by atoms with van der Waals surface area (Å²) in [6.45, 7) is 2.01. The number of carbonyl (C=O) groups is 1. The van der Waals surface area contributed by atoms with E-state index in [1.807, 2.05) is 80.5 Å². The van der Waals surface area contributed by atoms with Gasteiger partial charge in [-0.3, -0.25) is 4.79 Å². The number of carbonyl (C=O) groups excluding carboxylic acids is 1. The summed E-state index contributed by atoms with van der Waals surface area (Å²) in [5, 5.41) is 0. The predicted octanol–water partition coefficient (Wildman–Crippen LogP) is 3.96. The zero-order chi connectivity index (χ0) is 14.5. The van der Waals surface area contributed by atoms with Gasteiger partial charge in [-0.2, -0.15) is 0 Å². The molecule has 0 amide bonds. The first-order chi connectivity index (χ1) is 9.56. The first kappa shape index (κ1) is 14.1. The first-order valence-corrected chi connectivity index (χ1v) is 6.63. The highest BCUT2D eigenvalue weighted by atomic mass is 16.1. The molecule has 2 aromatic carbocycles. The molecule has 0 aliphatic carbocycles. The molecule has 0 aliphatic rings. The molecule has 0 aliphatic heterocycles. The minimum Gasteiger partial charge on any atom is -0.378 e. The maximum absolute atomic E-state index is 12.0.